The van der Waals surface area contributed by atoms with Crippen molar-refractivity contribution in [3.05, 3.63) is 36.8 Å². The number of hydrogen-bond acceptors (Lipinski definition) is 5. The summed E-state index contributed by atoms with van der Waals surface area (Å²) in [4.78, 5) is 19.3. The maximum Gasteiger partial charge on any atom is 0.253 e. The van der Waals surface area contributed by atoms with E-state index in [-0.39, 0.29) is 5.91 Å². The van der Waals surface area contributed by atoms with Gasteiger partial charge in [-0.1, -0.05) is 0 Å². The van der Waals surface area contributed by atoms with Crippen molar-refractivity contribution in [1.82, 2.24) is 20.1 Å². The maximum absolute atomic E-state index is 13.0. The van der Waals surface area contributed by atoms with Gasteiger partial charge in [0.25, 0.3) is 5.91 Å². The fraction of sp³-hybridized carbons (Fsp3) is 0.438. The first-order valence-corrected chi connectivity index (χ1v) is 7.77. The number of piperidine rings is 1. The van der Waals surface area contributed by atoms with Crippen molar-refractivity contribution in [2.24, 2.45) is 0 Å². The number of anilines is 2. The van der Waals surface area contributed by atoms with Crippen molar-refractivity contribution in [3.63, 3.8) is 0 Å². The van der Waals surface area contributed by atoms with E-state index in [1.807, 2.05) is 43.4 Å². The SMILES string of the molecule is CN(C)c1ccc(NC(=O)C2(n3cccn3)CCNCC2)nc1. The summed E-state index contributed by atoms with van der Waals surface area (Å²) in [6.07, 6.45) is 6.72. The molecule has 3 rings (SSSR count). The molecular formula is C16H22N6O. The van der Waals surface area contributed by atoms with E-state index in [4.69, 9.17) is 0 Å². The van der Waals surface area contributed by atoms with Gasteiger partial charge in [0.2, 0.25) is 0 Å². The lowest BCUT2D eigenvalue weighted by atomic mass is 9.87. The number of hydrogen-bond donors (Lipinski definition) is 2. The highest BCUT2D eigenvalue weighted by Crippen LogP contribution is 2.28. The molecule has 0 spiro atoms. The monoisotopic (exact) mass is 314 g/mol. The molecule has 7 heteroatoms. The van der Waals surface area contributed by atoms with Crippen molar-refractivity contribution in [2.75, 3.05) is 37.4 Å². The van der Waals surface area contributed by atoms with Gasteiger partial charge in [-0.05, 0) is 44.1 Å². The normalized spacial score (nSPS) is 16.8. The Balaban J connectivity index is 1.81. The zero-order valence-electron chi connectivity index (χ0n) is 13.5. The summed E-state index contributed by atoms with van der Waals surface area (Å²) in [6, 6.07) is 5.61. The van der Waals surface area contributed by atoms with Crippen LogP contribution < -0.4 is 15.5 Å². The van der Waals surface area contributed by atoms with Gasteiger partial charge in [0, 0.05) is 26.5 Å². The highest BCUT2D eigenvalue weighted by atomic mass is 16.2. The molecule has 2 aromatic rings. The van der Waals surface area contributed by atoms with E-state index < -0.39 is 5.54 Å². The van der Waals surface area contributed by atoms with Gasteiger partial charge in [-0.15, -0.1) is 0 Å². The Morgan fingerprint density at radius 3 is 2.70 bits per heavy atom. The standard InChI is InChI=1S/C16H22N6O/c1-21(2)13-4-5-14(18-12-13)20-15(23)16(6-9-17-10-7-16)22-11-3-8-19-22/h3-5,8,11-12,17H,6-7,9-10H2,1-2H3,(H,18,20,23). The van der Waals surface area contributed by atoms with Crippen molar-refractivity contribution in [1.29, 1.82) is 0 Å². The van der Waals surface area contributed by atoms with Crippen LogP contribution in [0.3, 0.4) is 0 Å². The number of rotatable bonds is 4. The largest absolute Gasteiger partial charge is 0.376 e. The molecule has 1 amide bonds. The number of pyridine rings is 1. The average Bonchev–Trinajstić information content (AvgIpc) is 3.11. The second-order valence-electron chi connectivity index (χ2n) is 5.98. The minimum atomic E-state index is -0.656. The molecule has 122 valence electrons. The topological polar surface area (TPSA) is 75.1 Å². The van der Waals surface area contributed by atoms with Crippen LogP contribution in [-0.4, -0.2) is 47.9 Å². The van der Waals surface area contributed by atoms with Crippen LogP contribution in [0.2, 0.25) is 0 Å². The van der Waals surface area contributed by atoms with E-state index in [9.17, 15) is 4.79 Å². The van der Waals surface area contributed by atoms with Gasteiger partial charge in [-0.3, -0.25) is 9.48 Å². The molecule has 0 unspecified atom stereocenters. The van der Waals surface area contributed by atoms with Crippen molar-refractivity contribution in [3.8, 4) is 0 Å². The van der Waals surface area contributed by atoms with Crippen LogP contribution in [0.1, 0.15) is 12.8 Å². The molecule has 0 aliphatic carbocycles. The Kier molecular flexibility index (Phi) is 4.29. The number of nitrogens with one attached hydrogen (secondary N) is 2. The maximum atomic E-state index is 13.0. The van der Waals surface area contributed by atoms with E-state index in [2.05, 4.69) is 20.7 Å². The molecule has 1 saturated heterocycles. The third kappa shape index (κ3) is 3.05. The molecule has 3 heterocycles. The van der Waals surface area contributed by atoms with Crippen LogP contribution >= 0.6 is 0 Å². The summed E-state index contributed by atoms with van der Waals surface area (Å²) in [7, 11) is 3.91. The summed E-state index contributed by atoms with van der Waals surface area (Å²) in [6.45, 7) is 1.58. The Hall–Kier alpha value is -2.41. The van der Waals surface area contributed by atoms with E-state index >= 15 is 0 Å². The Bertz CT molecular complexity index is 644. The third-order valence-corrected chi connectivity index (χ3v) is 4.30. The summed E-state index contributed by atoms with van der Waals surface area (Å²) in [5.41, 5.74) is 0.336. The molecule has 0 bridgehead atoms. The highest BCUT2D eigenvalue weighted by Gasteiger charge is 2.42. The minimum absolute atomic E-state index is 0.0622. The van der Waals surface area contributed by atoms with Gasteiger partial charge >= 0.3 is 0 Å². The van der Waals surface area contributed by atoms with Crippen LogP contribution in [-0.2, 0) is 10.3 Å². The van der Waals surface area contributed by atoms with Crippen molar-refractivity contribution >= 4 is 17.4 Å². The zero-order valence-corrected chi connectivity index (χ0v) is 13.5. The number of carbonyl (C=O) groups excluding carboxylic acids is 1. The summed E-state index contributed by atoms with van der Waals surface area (Å²) in [5.74, 6) is 0.499. The summed E-state index contributed by atoms with van der Waals surface area (Å²) < 4.78 is 1.78. The fourth-order valence-corrected chi connectivity index (χ4v) is 2.88. The van der Waals surface area contributed by atoms with Crippen LogP contribution in [0.15, 0.2) is 36.8 Å². The van der Waals surface area contributed by atoms with Gasteiger partial charge < -0.3 is 15.5 Å². The number of amides is 1. The number of carbonyl (C=O) groups is 1. The zero-order chi connectivity index (χ0) is 16.3. The van der Waals surface area contributed by atoms with Crippen LogP contribution in [0.25, 0.3) is 0 Å². The molecule has 1 aliphatic rings. The quantitative estimate of drug-likeness (QED) is 0.883. The van der Waals surface area contributed by atoms with Gasteiger partial charge in [0.15, 0.2) is 0 Å². The van der Waals surface area contributed by atoms with Gasteiger partial charge in [0.05, 0.1) is 11.9 Å². The number of nitrogens with zero attached hydrogens (tertiary/aromatic N) is 4. The lowest BCUT2D eigenvalue weighted by molar-refractivity contribution is -0.126. The fourth-order valence-electron chi connectivity index (χ4n) is 2.88. The summed E-state index contributed by atoms with van der Waals surface area (Å²) in [5, 5.41) is 10.6. The van der Waals surface area contributed by atoms with E-state index in [0.29, 0.717) is 18.7 Å². The molecular weight excluding hydrogens is 292 g/mol. The second-order valence-corrected chi connectivity index (χ2v) is 5.98. The van der Waals surface area contributed by atoms with E-state index in [1.54, 1.807) is 17.1 Å². The lowest BCUT2D eigenvalue weighted by Gasteiger charge is -2.36. The van der Waals surface area contributed by atoms with Crippen LogP contribution in [0.5, 0.6) is 0 Å². The molecule has 1 aliphatic heterocycles. The summed E-state index contributed by atoms with van der Waals surface area (Å²) >= 11 is 0. The predicted octanol–water partition coefficient (Wildman–Crippen LogP) is 1.06. The molecule has 7 nitrogen and oxygen atoms in total. The molecule has 0 aromatic carbocycles. The Morgan fingerprint density at radius 1 is 1.35 bits per heavy atom. The lowest BCUT2D eigenvalue weighted by Crippen LogP contribution is -2.52. The van der Waals surface area contributed by atoms with Crippen molar-refractivity contribution in [2.45, 2.75) is 18.4 Å². The highest BCUT2D eigenvalue weighted by molar-refractivity contribution is 5.96. The Labute approximate surface area is 135 Å². The first kappa shape index (κ1) is 15.5. The average molecular weight is 314 g/mol. The van der Waals surface area contributed by atoms with Gasteiger partial charge in [0.1, 0.15) is 11.4 Å². The van der Waals surface area contributed by atoms with Gasteiger partial charge in [-0.25, -0.2) is 4.98 Å². The third-order valence-electron chi connectivity index (χ3n) is 4.30. The molecule has 0 saturated carbocycles. The minimum Gasteiger partial charge on any atom is -0.376 e. The first-order chi connectivity index (χ1) is 11.1. The van der Waals surface area contributed by atoms with Crippen LogP contribution in [0.4, 0.5) is 11.5 Å². The predicted molar refractivity (Wildman–Crippen MR) is 89.5 cm³/mol. The molecule has 23 heavy (non-hydrogen) atoms. The molecule has 0 atom stereocenters. The van der Waals surface area contributed by atoms with E-state index in [0.717, 1.165) is 18.8 Å². The first-order valence-electron chi connectivity index (χ1n) is 7.77. The van der Waals surface area contributed by atoms with E-state index in [1.165, 1.54) is 0 Å². The van der Waals surface area contributed by atoms with Crippen molar-refractivity contribution < 1.29 is 4.79 Å². The van der Waals surface area contributed by atoms with Crippen LogP contribution in [0, 0.1) is 0 Å². The molecule has 0 radical (unpaired) electrons. The number of aromatic nitrogens is 3. The second kappa shape index (κ2) is 6.37. The van der Waals surface area contributed by atoms with Gasteiger partial charge in [-0.2, -0.15) is 5.10 Å². The molecule has 2 N–H and O–H groups in total. The molecule has 2 aromatic heterocycles. The Morgan fingerprint density at radius 2 is 2.13 bits per heavy atom. The molecule has 1 fully saturated rings. The smallest absolute Gasteiger partial charge is 0.253 e.